The van der Waals surface area contributed by atoms with E-state index in [9.17, 15) is 4.79 Å². The second-order valence-corrected chi connectivity index (χ2v) is 5.69. The molecular weight excluding hydrogens is 244 g/mol. The fourth-order valence-corrected chi connectivity index (χ4v) is 2.61. The Balaban J connectivity index is 2.13. The van der Waals surface area contributed by atoms with Crippen molar-refractivity contribution < 1.29 is 4.79 Å². The first kappa shape index (κ1) is 14.5. The highest BCUT2D eigenvalue weighted by atomic mass is 16.1. The normalized spacial score (nSPS) is 10.8. The third kappa shape index (κ3) is 4.06. The highest BCUT2D eigenvalue weighted by molar-refractivity contribution is 5.79. The van der Waals surface area contributed by atoms with Crippen molar-refractivity contribution in [3.63, 3.8) is 0 Å². The van der Waals surface area contributed by atoms with Crippen LogP contribution in [0.5, 0.6) is 0 Å². The van der Waals surface area contributed by atoms with Crippen LogP contribution in [0.15, 0.2) is 48.5 Å². The lowest BCUT2D eigenvalue weighted by molar-refractivity contribution is -0.120. The van der Waals surface area contributed by atoms with Crippen LogP contribution in [0.25, 0.3) is 0 Å². The van der Waals surface area contributed by atoms with Gasteiger partial charge in [0.15, 0.2) is 0 Å². The first-order valence-corrected chi connectivity index (χ1v) is 7.16. The molecule has 20 heavy (non-hydrogen) atoms. The van der Waals surface area contributed by atoms with E-state index in [1.54, 1.807) is 6.92 Å². The number of Topliss-reactive ketones (excluding diaryl/α,β-unsaturated/α-hetero) is 1. The van der Waals surface area contributed by atoms with Gasteiger partial charge in [-0.3, -0.25) is 4.79 Å². The van der Waals surface area contributed by atoms with Crippen LogP contribution in [0, 0.1) is 19.8 Å². The van der Waals surface area contributed by atoms with Gasteiger partial charge in [-0.15, -0.1) is 0 Å². The number of rotatable bonds is 5. The Morgan fingerprint density at radius 3 is 1.70 bits per heavy atom. The van der Waals surface area contributed by atoms with Crippen LogP contribution < -0.4 is 0 Å². The summed E-state index contributed by atoms with van der Waals surface area (Å²) in [4.78, 5) is 11.9. The van der Waals surface area contributed by atoms with Gasteiger partial charge in [0.25, 0.3) is 0 Å². The number of benzene rings is 2. The molecule has 1 heteroatoms. The SMILES string of the molecule is CC(=O)C(Cc1cccc(C)c1)Cc1cccc(C)c1. The van der Waals surface area contributed by atoms with E-state index in [-0.39, 0.29) is 11.7 Å². The average molecular weight is 266 g/mol. The lowest BCUT2D eigenvalue weighted by Crippen LogP contribution is -2.17. The first-order valence-electron chi connectivity index (χ1n) is 7.16. The van der Waals surface area contributed by atoms with E-state index in [0.29, 0.717) is 0 Å². The Morgan fingerprint density at radius 2 is 1.35 bits per heavy atom. The Labute approximate surface area is 121 Å². The largest absolute Gasteiger partial charge is 0.300 e. The molecule has 0 saturated heterocycles. The second-order valence-electron chi connectivity index (χ2n) is 5.69. The smallest absolute Gasteiger partial charge is 0.133 e. The highest BCUT2D eigenvalue weighted by Crippen LogP contribution is 2.17. The van der Waals surface area contributed by atoms with Crippen LogP contribution in [0.4, 0.5) is 0 Å². The molecule has 0 fully saturated rings. The van der Waals surface area contributed by atoms with Crippen LogP contribution in [0.2, 0.25) is 0 Å². The van der Waals surface area contributed by atoms with Gasteiger partial charge >= 0.3 is 0 Å². The van der Waals surface area contributed by atoms with Crippen molar-refractivity contribution in [2.75, 3.05) is 0 Å². The maximum Gasteiger partial charge on any atom is 0.133 e. The van der Waals surface area contributed by atoms with Crippen LogP contribution >= 0.6 is 0 Å². The predicted molar refractivity (Wildman–Crippen MR) is 83.9 cm³/mol. The van der Waals surface area contributed by atoms with Gasteiger partial charge in [0, 0.05) is 5.92 Å². The lowest BCUT2D eigenvalue weighted by Gasteiger charge is -2.15. The summed E-state index contributed by atoms with van der Waals surface area (Å²) in [5.74, 6) is 0.339. The molecule has 1 nitrogen and oxygen atoms in total. The van der Waals surface area contributed by atoms with Crippen LogP contribution in [0.1, 0.15) is 29.2 Å². The van der Waals surface area contributed by atoms with Gasteiger partial charge in [0.05, 0.1) is 0 Å². The van der Waals surface area contributed by atoms with Crippen molar-refractivity contribution in [1.29, 1.82) is 0 Å². The Kier molecular flexibility index (Phi) is 4.73. The molecule has 0 radical (unpaired) electrons. The fourth-order valence-electron chi connectivity index (χ4n) is 2.61. The zero-order valence-electron chi connectivity index (χ0n) is 12.5. The predicted octanol–water partition coefficient (Wildman–Crippen LogP) is 4.29. The summed E-state index contributed by atoms with van der Waals surface area (Å²) >= 11 is 0. The topological polar surface area (TPSA) is 17.1 Å². The van der Waals surface area contributed by atoms with E-state index >= 15 is 0 Å². The molecule has 0 saturated carbocycles. The quantitative estimate of drug-likeness (QED) is 0.789. The third-order valence-electron chi connectivity index (χ3n) is 3.70. The average Bonchev–Trinajstić information content (AvgIpc) is 2.38. The van der Waals surface area contributed by atoms with Crippen molar-refractivity contribution in [1.82, 2.24) is 0 Å². The van der Waals surface area contributed by atoms with Crippen molar-refractivity contribution in [3.8, 4) is 0 Å². The number of ketones is 1. The van der Waals surface area contributed by atoms with E-state index in [1.165, 1.54) is 22.3 Å². The number of aryl methyl sites for hydroxylation is 2. The number of carbonyl (C=O) groups excluding carboxylic acids is 1. The maximum absolute atomic E-state index is 11.9. The summed E-state index contributed by atoms with van der Waals surface area (Å²) in [6, 6.07) is 16.9. The molecule has 0 aromatic heterocycles. The molecule has 2 aromatic carbocycles. The minimum atomic E-state index is 0.0681. The highest BCUT2D eigenvalue weighted by Gasteiger charge is 2.15. The minimum Gasteiger partial charge on any atom is -0.300 e. The zero-order valence-corrected chi connectivity index (χ0v) is 12.5. The van der Waals surface area contributed by atoms with Crippen molar-refractivity contribution in [3.05, 3.63) is 70.8 Å². The minimum absolute atomic E-state index is 0.0681. The molecule has 0 aliphatic heterocycles. The van der Waals surface area contributed by atoms with E-state index in [0.717, 1.165) is 12.8 Å². The fraction of sp³-hybridized carbons (Fsp3) is 0.316. The summed E-state index contributed by atoms with van der Waals surface area (Å²) < 4.78 is 0. The standard InChI is InChI=1S/C19H22O/c1-14-6-4-8-17(10-14)12-19(16(3)20)13-18-9-5-7-15(2)11-18/h4-11,19H,12-13H2,1-3H3. The van der Waals surface area contributed by atoms with Crippen LogP contribution in [0.3, 0.4) is 0 Å². The van der Waals surface area contributed by atoms with E-state index in [2.05, 4.69) is 62.4 Å². The third-order valence-corrected chi connectivity index (χ3v) is 3.70. The van der Waals surface area contributed by atoms with E-state index in [4.69, 9.17) is 0 Å². The molecular formula is C19H22O. The van der Waals surface area contributed by atoms with Crippen LogP contribution in [-0.4, -0.2) is 5.78 Å². The number of hydrogen-bond acceptors (Lipinski definition) is 1. The van der Waals surface area contributed by atoms with Gasteiger partial charge < -0.3 is 0 Å². The molecule has 2 aromatic rings. The van der Waals surface area contributed by atoms with Gasteiger partial charge in [-0.2, -0.15) is 0 Å². The second kappa shape index (κ2) is 6.51. The summed E-state index contributed by atoms with van der Waals surface area (Å²) in [6.45, 7) is 5.88. The van der Waals surface area contributed by atoms with Gasteiger partial charge in [-0.05, 0) is 44.7 Å². The molecule has 0 N–H and O–H groups in total. The molecule has 0 heterocycles. The number of hydrogen-bond donors (Lipinski definition) is 0. The summed E-state index contributed by atoms with van der Waals surface area (Å²) in [5, 5.41) is 0. The Morgan fingerprint density at radius 1 is 0.900 bits per heavy atom. The molecule has 0 aliphatic carbocycles. The lowest BCUT2D eigenvalue weighted by atomic mass is 9.89. The summed E-state index contributed by atoms with van der Waals surface area (Å²) in [5.41, 5.74) is 5.00. The molecule has 2 rings (SSSR count). The molecule has 0 aliphatic rings. The summed E-state index contributed by atoms with van der Waals surface area (Å²) in [6.07, 6.45) is 1.65. The molecule has 104 valence electrons. The van der Waals surface area contributed by atoms with Crippen LogP contribution in [-0.2, 0) is 17.6 Å². The van der Waals surface area contributed by atoms with Gasteiger partial charge in [-0.25, -0.2) is 0 Å². The summed E-state index contributed by atoms with van der Waals surface area (Å²) in [7, 11) is 0. The number of carbonyl (C=O) groups is 1. The molecule has 0 bridgehead atoms. The van der Waals surface area contributed by atoms with Crippen molar-refractivity contribution in [2.24, 2.45) is 5.92 Å². The Hall–Kier alpha value is -1.89. The van der Waals surface area contributed by atoms with Crippen molar-refractivity contribution >= 4 is 5.78 Å². The van der Waals surface area contributed by atoms with E-state index < -0.39 is 0 Å². The van der Waals surface area contributed by atoms with Gasteiger partial charge in [0.2, 0.25) is 0 Å². The zero-order chi connectivity index (χ0) is 14.5. The Bertz CT molecular complexity index is 551. The molecule has 0 amide bonds. The maximum atomic E-state index is 11.9. The van der Waals surface area contributed by atoms with Crippen molar-refractivity contribution in [2.45, 2.75) is 33.6 Å². The van der Waals surface area contributed by atoms with Gasteiger partial charge in [0.1, 0.15) is 5.78 Å². The van der Waals surface area contributed by atoms with Gasteiger partial charge in [-0.1, -0.05) is 59.7 Å². The molecule has 0 atom stereocenters. The molecule has 0 unspecified atom stereocenters. The van der Waals surface area contributed by atoms with E-state index in [1.807, 2.05) is 0 Å². The monoisotopic (exact) mass is 266 g/mol. The first-order chi connectivity index (χ1) is 9.54. The molecule has 0 spiro atoms.